The summed E-state index contributed by atoms with van der Waals surface area (Å²) in [7, 11) is 4.09. The Labute approximate surface area is 260 Å². The Kier molecular flexibility index (Phi) is 12.1. The normalized spacial score (nSPS) is 16.2. The van der Waals surface area contributed by atoms with E-state index >= 15 is 0 Å². The number of ether oxygens (including phenoxy) is 1. The zero-order valence-corrected chi connectivity index (χ0v) is 26.8. The second kappa shape index (κ2) is 15.8. The second-order valence-electron chi connectivity index (χ2n) is 10.4. The highest BCUT2D eigenvalue weighted by molar-refractivity contribution is 9.10. The quantitative estimate of drug-likeness (QED) is 0.221. The van der Waals surface area contributed by atoms with Crippen LogP contribution in [-0.4, -0.2) is 60.4 Å². The number of hydrogen-bond acceptors (Lipinski definition) is 5. The summed E-state index contributed by atoms with van der Waals surface area (Å²) in [4.78, 5) is 4.33. The van der Waals surface area contributed by atoms with Crippen LogP contribution in [-0.2, 0) is 17.8 Å². The highest BCUT2D eigenvalue weighted by atomic mass is 79.9. The van der Waals surface area contributed by atoms with Gasteiger partial charge in [-0.3, -0.25) is 9.80 Å². The predicted octanol–water partition coefficient (Wildman–Crippen LogP) is 6.96. The van der Waals surface area contributed by atoms with Crippen LogP contribution in [0, 0.1) is 0 Å². The van der Waals surface area contributed by atoms with Gasteiger partial charge in [-0.05, 0) is 71.7 Å². The molecule has 5 nitrogen and oxygen atoms in total. The smallest absolute Gasteiger partial charge is 0.108 e. The van der Waals surface area contributed by atoms with Crippen LogP contribution in [0.15, 0.2) is 106 Å². The van der Waals surface area contributed by atoms with E-state index in [0.717, 1.165) is 45.3 Å². The molecule has 2 unspecified atom stereocenters. The van der Waals surface area contributed by atoms with Crippen molar-refractivity contribution in [1.82, 2.24) is 9.80 Å². The van der Waals surface area contributed by atoms with Crippen LogP contribution in [0.3, 0.4) is 0 Å². The number of likely N-dealkylation sites (N-methyl/N-ethyl adjacent to an activating group) is 2. The standard InChI is InChI=1S/C17H20BrNO2.C17H18BrNO/c1-19(9-10-20)12-14-11-15(18)7-8-16(14)17(21)13-5-3-2-4-6-13;1-19-9-10-20-17(13-5-3-2-4-6-13)16-8-7-15(18)11-14(16)12-19/h2-8,11,17,20-21H,9-10,12H2,1H3;2-8,11,17H,9-10,12H2,1H3. The van der Waals surface area contributed by atoms with Gasteiger partial charge in [-0.2, -0.15) is 0 Å². The molecule has 0 aliphatic carbocycles. The highest BCUT2D eigenvalue weighted by Crippen LogP contribution is 2.32. The van der Waals surface area contributed by atoms with Gasteiger partial charge in [0, 0.05) is 35.1 Å². The molecule has 216 valence electrons. The van der Waals surface area contributed by atoms with Crippen LogP contribution >= 0.6 is 31.9 Å². The number of nitrogens with zero attached hydrogens (tertiary/aromatic N) is 2. The maximum atomic E-state index is 10.6. The first-order valence-corrected chi connectivity index (χ1v) is 15.4. The number of rotatable bonds is 7. The molecule has 0 amide bonds. The van der Waals surface area contributed by atoms with E-state index in [4.69, 9.17) is 9.84 Å². The van der Waals surface area contributed by atoms with Crippen molar-refractivity contribution in [3.8, 4) is 0 Å². The molecule has 0 saturated heterocycles. The summed E-state index contributed by atoms with van der Waals surface area (Å²) in [6.07, 6.45) is -0.607. The maximum absolute atomic E-state index is 10.6. The highest BCUT2D eigenvalue weighted by Gasteiger charge is 2.21. The van der Waals surface area contributed by atoms with Gasteiger partial charge in [-0.15, -0.1) is 0 Å². The lowest BCUT2D eigenvalue weighted by atomic mass is 9.96. The molecule has 0 fully saturated rings. The Hall–Kier alpha value is -2.36. The van der Waals surface area contributed by atoms with E-state index in [0.29, 0.717) is 13.1 Å². The summed E-state index contributed by atoms with van der Waals surface area (Å²) < 4.78 is 8.26. The van der Waals surface area contributed by atoms with Crippen LogP contribution in [0.5, 0.6) is 0 Å². The van der Waals surface area contributed by atoms with Crippen molar-refractivity contribution < 1.29 is 14.9 Å². The number of benzene rings is 4. The zero-order valence-electron chi connectivity index (χ0n) is 23.6. The van der Waals surface area contributed by atoms with Crippen molar-refractivity contribution in [3.05, 3.63) is 139 Å². The first-order chi connectivity index (χ1) is 19.9. The van der Waals surface area contributed by atoms with E-state index in [1.807, 2.05) is 66.5 Å². The summed E-state index contributed by atoms with van der Waals surface area (Å²) in [6, 6.07) is 32.5. The Morgan fingerprint density at radius 3 is 2.29 bits per heavy atom. The molecule has 2 atom stereocenters. The Morgan fingerprint density at radius 2 is 1.59 bits per heavy atom. The molecular formula is C34H38Br2N2O3. The van der Waals surface area contributed by atoms with Crippen molar-refractivity contribution in [3.63, 3.8) is 0 Å². The van der Waals surface area contributed by atoms with E-state index in [1.165, 1.54) is 16.7 Å². The van der Waals surface area contributed by atoms with Gasteiger partial charge in [0.2, 0.25) is 0 Å². The number of halogens is 2. The SMILES string of the molecule is CN(CCO)Cc1cc(Br)ccc1C(O)c1ccccc1.CN1CCOC(c2ccccc2)c2ccc(Br)cc2C1. The molecule has 1 heterocycles. The molecule has 1 aliphatic rings. The van der Waals surface area contributed by atoms with Crippen molar-refractivity contribution in [1.29, 1.82) is 0 Å². The van der Waals surface area contributed by atoms with Gasteiger partial charge in [0.25, 0.3) is 0 Å². The third-order valence-electron chi connectivity index (χ3n) is 7.12. The van der Waals surface area contributed by atoms with Crippen LogP contribution in [0.25, 0.3) is 0 Å². The third kappa shape index (κ3) is 9.06. The minimum Gasteiger partial charge on any atom is -0.395 e. The molecule has 1 aliphatic heterocycles. The predicted molar refractivity (Wildman–Crippen MR) is 173 cm³/mol. The Bertz CT molecular complexity index is 1370. The largest absolute Gasteiger partial charge is 0.395 e. The average Bonchev–Trinajstić information content (AvgIpc) is 2.96. The topological polar surface area (TPSA) is 56.2 Å². The average molecular weight is 682 g/mol. The van der Waals surface area contributed by atoms with Gasteiger partial charge in [0.05, 0.1) is 13.2 Å². The summed E-state index contributed by atoms with van der Waals surface area (Å²) in [5, 5.41) is 19.6. The Balaban J connectivity index is 0.000000189. The van der Waals surface area contributed by atoms with E-state index in [9.17, 15) is 5.11 Å². The monoisotopic (exact) mass is 680 g/mol. The molecule has 41 heavy (non-hydrogen) atoms. The molecule has 0 aromatic heterocycles. The van der Waals surface area contributed by atoms with Gasteiger partial charge in [0.15, 0.2) is 0 Å². The molecular weight excluding hydrogens is 644 g/mol. The fraction of sp³-hybridized carbons (Fsp3) is 0.294. The van der Waals surface area contributed by atoms with Crippen LogP contribution < -0.4 is 0 Å². The van der Waals surface area contributed by atoms with Crippen molar-refractivity contribution in [2.75, 3.05) is 40.4 Å². The summed E-state index contributed by atoms with van der Waals surface area (Å²) in [5.74, 6) is 0. The lowest BCUT2D eigenvalue weighted by molar-refractivity contribution is 0.0554. The molecule has 7 heteroatoms. The summed E-state index contributed by atoms with van der Waals surface area (Å²) in [5.41, 5.74) is 6.65. The second-order valence-corrected chi connectivity index (χ2v) is 12.2. The number of aliphatic hydroxyl groups is 2. The molecule has 4 aromatic carbocycles. The number of fused-ring (bicyclic) bond motifs is 1. The molecule has 0 radical (unpaired) electrons. The lowest BCUT2D eigenvalue weighted by Crippen LogP contribution is -2.27. The van der Waals surface area contributed by atoms with E-state index in [1.54, 1.807) is 0 Å². The number of aliphatic hydroxyl groups excluding tert-OH is 2. The van der Waals surface area contributed by atoms with E-state index in [-0.39, 0.29) is 12.7 Å². The molecule has 0 spiro atoms. The molecule has 2 N–H and O–H groups in total. The van der Waals surface area contributed by atoms with Crippen LogP contribution in [0.1, 0.15) is 45.6 Å². The molecule has 0 saturated carbocycles. The minimum atomic E-state index is -0.642. The first kappa shape index (κ1) is 31.6. The van der Waals surface area contributed by atoms with Gasteiger partial charge >= 0.3 is 0 Å². The molecule has 4 aromatic rings. The Morgan fingerprint density at radius 1 is 0.927 bits per heavy atom. The number of hydrogen-bond donors (Lipinski definition) is 2. The van der Waals surface area contributed by atoms with Crippen LogP contribution in [0.4, 0.5) is 0 Å². The van der Waals surface area contributed by atoms with E-state index in [2.05, 4.69) is 86.3 Å². The van der Waals surface area contributed by atoms with Gasteiger partial charge in [-0.25, -0.2) is 0 Å². The van der Waals surface area contributed by atoms with Gasteiger partial charge in [0.1, 0.15) is 12.2 Å². The van der Waals surface area contributed by atoms with Gasteiger partial charge < -0.3 is 14.9 Å². The first-order valence-electron chi connectivity index (χ1n) is 13.8. The minimum absolute atomic E-state index is 0.0352. The van der Waals surface area contributed by atoms with Crippen molar-refractivity contribution in [2.24, 2.45) is 0 Å². The third-order valence-corrected chi connectivity index (χ3v) is 8.11. The fourth-order valence-corrected chi connectivity index (χ4v) is 5.81. The molecule has 0 bridgehead atoms. The van der Waals surface area contributed by atoms with Crippen molar-refractivity contribution >= 4 is 31.9 Å². The zero-order chi connectivity index (χ0) is 29.2. The van der Waals surface area contributed by atoms with E-state index < -0.39 is 6.10 Å². The summed E-state index contributed by atoms with van der Waals surface area (Å²) >= 11 is 7.05. The summed E-state index contributed by atoms with van der Waals surface area (Å²) in [6.45, 7) is 4.08. The van der Waals surface area contributed by atoms with Crippen molar-refractivity contribution in [2.45, 2.75) is 25.3 Å². The van der Waals surface area contributed by atoms with Gasteiger partial charge in [-0.1, -0.05) is 105 Å². The maximum Gasteiger partial charge on any atom is 0.108 e. The lowest BCUT2D eigenvalue weighted by Gasteiger charge is -2.28. The van der Waals surface area contributed by atoms with Crippen LogP contribution in [0.2, 0.25) is 0 Å². The molecule has 5 rings (SSSR count). The fourth-order valence-electron chi connectivity index (χ4n) is 4.99.